The maximum Gasteiger partial charge on any atom is 0.0107 e. The Balaban J connectivity index is 1.51. The van der Waals surface area contributed by atoms with Crippen molar-refractivity contribution in [2.24, 2.45) is 11.7 Å². The van der Waals surface area contributed by atoms with E-state index in [1.165, 1.54) is 45.3 Å². The maximum atomic E-state index is 5.88. The van der Waals surface area contributed by atoms with Gasteiger partial charge in [-0.2, -0.15) is 0 Å². The van der Waals surface area contributed by atoms with Crippen molar-refractivity contribution in [2.45, 2.75) is 44.7 Å². The molecule has 0 amide bonds. The predicted octanol–water partition coefficient (Wildman–Crippen LogP) is 0.798. The smallest absolute Gasteiger partial charge is 0.0107 e. The average molecular weight is 211 g/mol. The van der Waals surface area contributed by atoms with Crippen LogP contribution in [0, 0.1) is 5.92 Å². The molecule has 0 radical (unpaired) electrons. The lowest BCUT2D eigenvalue weighted by Crippen LogP contribution is -2.46. The predicted molar refractivity (Wildman–Crippen MR) is 63.8 cm³/mol. The molecule has 0 bridgehead atoms. The van der Waals surface area contributed by atoms with Crippen molar-refractivity contribution >= 4 is 0 Å². The molecule has 1 saturated carbocycles. The first-order valence-electron chi connectivity index (χ1n) is 6.45. The van der Waals surface area contributed by atoms with Gasteiger partial charge >= 0.3 is 0 Å². The zero-order chi connectivity index (χ0) is 10.7. The molecular formula is C12H25N3. The maximum absolute atomic E-state index is 5.88. The molecule has 1 saturated heterocycles. The molecule has 0 aromatic carbocycles. The average Bonchev–Trinajstić information content (AvgIpc) is 2.18. The van der Waals surface area contributed by atoms with Crippen LogP contribution in [0.1, 0.15) is 32.6 Å². The van der Waals surface area contributed by atoms with Crippen molar-refractivity contribution in [1.29, 1.82) is 0 Å². The van der Waals surface area contributed by atoms with Crippen LogP contribution in [-0.4, -0.2) is 43.2 Å². The summed E-state index contributed by atoms with van der Waals surface area (Å²) in [5.41, 5.74) is 5.88. The summed E-state index contributed by atoms with van der Waals surface area (Å²) in [5.74, 6) is 0.954. The van der Waals surface area contributed by atoms with Crippen LogP contribution in [0.5, 0.6) is 0 Å². The molecule has 3 N–H and O–H groups in total. The Morgan fingerprint density at radius 2 is 1.93 bits per heavy atom. The van der Waals surface area contributed by atoms with Gasteiger partial charge in [-0.3, -0.25) is 0 Å². The van der Waals surface area contributed by atoms with Crippen LogP contribution < -0.4 is 11.1 Å². The summed E-state index contributed by atoms with van der Waals surface area (Å²) in [6.07, 6.45) is 5.12. The van der Waals surface area contributed by atoms with E-state index in [1.54, 1.807) is 0 Å². The third-order valence-electron chi connectivity index (χ3n) is 3.87. The van der Waals surface area contributed by atoms with E-state index in [2.05, 4.69) is 17.1 Å². The summed E-state index contributed by atoms with van der Waals surface area (Å²) in [4.78, 5) is 2.54. The Bertz CT molecular complexity index is 181. The van der Waals surface area contributed by atoms with Crippen LogP contribution in [0.4, 0.5) is 0 Å². The van der Waals surface area contributed by atoms with Crippen LogP contribution in [0.2, 0.25) is 0 Å². The number of nitrogens with two attached hydrogens (primary N) is 1. The van der Waals surface area contributed by atoms with Crippen LogP contribution in [0.25, 0.3) is 0 Å². The molecule has 0 spiro atoms. The number of hydrogen-bond acceptors (Lipinski definition) is 3. The molecule has 3 nitrogen and oxygen atoms in total. The largest absolute Gasteiger partial charge is 0.328 e. The molecule has 2 aliphatic rings. The number of hydrogen-bond donors (Lipinski definition) is 2. The molecule has 2 fully saturated rings. The van der Waals surface area contributed by atoms with Crippen molar-refractivity contribution in [1.82, 2.24) is 10.2 Å². The van der Waals surface area contributed by atoms with Gasteiger partial charge in [-0.1, -0.05) is 6.92 Å². The Hall–Kier alpha value is -0.120. The lowest BCUT2D eigenvalue weighted by molar-refractivity contribution is 0.193. The topological polar surface area (TPSA) is 41.3 Å². The van der Waals surface area contributed by atoms with Gasteiger partial charge in [0, 0.05) is 25.2 Å². The minimum atomic E-state index is 0.460. The van der Waals surface area contributed by atoms with E-state index in [0.29, 0.717) is 6.04 Å². The second kappa shape index (κ2) is 5.28. The van der Waals surface area contributed by atoms with Gasteiger partial charge in [-0.25, -0.2) is 0 Å². The molecule has 0 aromatic rings. The fraction of sp³-hybridized carbons (Fsp3) is 1.00. The van der Waals surface area contributed by atoms with Gasteiger partial charge in [-0.15, -0.1) is 0 Å². The second-order valence-corrected chi connectivity index (χ2v) is 5.41. The highest BCUT2D eigenvalue weighted by molar-refractivity contribution is 4.82. The Morgan fingerprint density at radius 3 is 2.53 bits per heavy atom. The van der Waals surface area contributed by atoms with Crippen molar-refractivity contribution in [3.8, 4) is 0 Å². The molecule has 88 valence electrons. The molecule has 2 rings (SSSR count). The monoisotopic (exact) mass is 211 g/mol. The van der Waals surface area contributed by atoms with E-state index in [9.17, 15) is 0 Å². The molecular weight excluding hydrogens is 186 g/mol. The number of nitrogens with zero attached hydrogens (tertiary/aromatic N) is 1. The summed E-state index contributed by atoms with van der Waals surface area (Å²) in [5, 5.41) is 3.64. The van der Waals surface area contributed by atoms with Gasteiger partial charge in [0.2, 0.25) is 0 Å². The summed E-state index contributed by atoms with van der Waals surface area (Å²) in [6.45, 7) is 7.10. The normalized spacial score (nSPS) is 34.0. The lowest BCUT2D eigenvalue weighted by Gasteiger charge is -2.35. The summed E-state index contributed by atoms with van der Waals surface area (Å²) < 4.78 is 0. The van der Waals surface area contributed by atoms with E-state index in [0.717, 1.165) is 18.5 Å². The molecule has 1 aliphatic carbocycles. The summed E-state index contributed by atoms with van der Waals surface area (Å²) in [7, 11) is 0. The van der Waals surface area contributed by atoms with Crippen molar-refractivity contribution in [2.75, 3.05) is 26.2 Å². The highest BCUT2D eigenvalue weighted by atomic mass is 15.1. The Morgan fingerprint density at radius 1 is 1.27 bits per heavy atom. The number of rotatable bonds is 4. The van der Waals surface area contributed by atoms with Crippen LogP contribution in [0.3, 0.4) is 0 Å². The van der Waals surface area contributed by atoms with Gasteiger partial charge in [0.1, 0.15) is 0 Å². The standard InChI is InChI=1S/C12H25N3/c1-10-8-12(9-10)14-4-7-15-5-2-11(13)3-6-15/h10-12,14H,2-9,13H2,1H3. The van der Waals surface area contributed by atoms with Crippen molar-refractivity contribution in [3.05, 3.63) is 0 Å². The molecule has 0 unspecified atom stereocenters. The fourth-order valence-electron chi connectivity index (χ4n) is 2.67. The second-order valence-electron chi connectivity index (χ2n) is 5.41. The van der Waals surface area contributed by atoms with Gasteiger partial charge in [0.25, 0.3) is 0 Å². The zero-order valence-electron chi connectivity index (χ0n) is 9.91. The van der Waals surface area contributed by atoms with E-state index in [4.69, 9.17) is 5.73 Å². The summed E-state index contributed by atoms with van der Waals surface area (Å²) in [6, 6.07) is 1.27. The van der Waals surface area contributed by atoms with Crippen LogP contribution in [-0.2, 0) is 0 Å². The third kappa shape index (κ3) is 3.44. The van der Waals surface area contributed by atoms with Gasteiger partial charge in [-0.05, 0) is 44.7 Å². The fourth-order valence-corrected chi connectivity index (χ4v) is 2.67. The van der Waals surface area contributed by atoms with E-state index < -0.39 is 0 Å². The molecule has 3 heteroatoms. The van der Waals surface area contributed by atoms with Crippen molar-refractivity contribution < 1.29 is 0 Å². The first-order valence-corrected chi connectivity index (χ1v) is 6.45. The number of likely N-dealkylation sites (tertiary alicyclic amines) is 1. The van der Waals surface area contributed by atoms with E-state index >= 15 is 0 Å². The summed E-state index contributed by atoms with van der Waals surface area (Å²) >= 11 is 0. The van der Waals surface area contributed by atoms with Crippen molar-refractivity contribution in [3.63, 3.8) is 0 Å². The van der Waals surface area contributed by atoms with E-state index in [1.807, 2.05) is 0 Å². The molecule has 15 heavy (non-hydrogen) atoms. The zero-order valence-corrected chi connectivity index (χ0v) is 9.91. The number of piperidine rings is 1. The van der Waals surface area contributed by atoms with E-state index in [-0.39, 0.29) is 0 Å². The molecule has 1 aliphatic heterocycles. The van der Waals surface area contributed by atoms with Gasteiger partial charge in [0.15, 0.2) is 0 Å². The SMILES string of the molecule is CC1CC(NCCN2CCC(N)CC2)C1. The quantitative estimate of drug-likeness (QED) is 0.722. The minimum absolute atomic E-state index is 0.460. The molecule has 0 atom stereocenters. The Kier molecular flexibility index (Phi) is 4.00. The number of nitrogens with one attached hydrogen (secondary N) is 1. The molecule has 0 aromatic heterocycles. The third-order valence-corrected chi connectivity index (χ3v) is 3.87. The first-order chi connectivity index (χ1) is 7.24. The van der Waals surface area contributed by atoms with Crippen LogP contribution >= 0.6 is 0 Å². The highest BCUT2D eigenvalue weighted by Crippen LogP contribution is 2.25. The lowest BCUT2D eigenvalue weighted by atomic mass is 9.82. The highest BCUT2D eigenvalue weighted by Gasteiger charge is 2.24. The Labute approximate surface area is 93.4 Å². The first kappa shape index (κ1) is 11.4. The molecule has 1 heterocycles. The van der Waals surface area contributed by atoms with Crippen LogP contribution in [0.15, 0.2) is 0 Å². The van der Waals surface area contributed by atoms with Gasteiger partial charge < -0.3 is 16.0 Å². The minimum Gasteiger partial charge on any atom is -0.328 e. The van der Waals surface area contributed by atoms with Gasteiger partial charge in [0.05, 0.1) is 0 Å².